The molecule has 21 heavy (non-hydrogen) atoms. The van der Waals surface area contributed by atoms with Crippen molar-refractivity contribution in [3.63, 3.8) is 0 Å². The molecule has 1 aromatic carbocycles. The minimum absolute atomic E-state index is 0.371. The lowest BCUT2D eigenvalue weighted by Crippen LogP contribution is -2.04. The Kier molecular flexibility index (Phi) is 3.08. The van der Waals surface area contributed by atoms with Crippen molar-refractivity contribution in [2.24, 2.45) is 0 Å². The largest absolute Gasteiger partial charge is 0.416 e. The number of nitrogens with zero attached hydrogens (tertiary/aromatic N) is 3. The van der Waals surface area contributed by atoms with Crippen molar-refractivity contribution < 1.29 is 13.2 Å². The fourth-order valence-electron chi connectivity index (χ4n) is 2.09. The first-order valence-electron chi connectivity index (χ1n) is 6.21. The molecule has 0 amide bonds. The minimum Gasteiger partial charge on any atom is -0.249 e. The van der Waals surface area contributed by atoms with E-state index in [-0.39, 0.29) is 0 Å². The van der Waals surface area contributed by atoms with Gasteiger partial charge in [-0.05, 0) is 31.2 Å². The molecule has 0 aliphatic carbocycles. The molecule has 3 rings (SSSR count). The zero-order valence-corrected chi connectivity index (χ0v) is 11.0. The van der Waals surface area contributed by atoms with Crippen LogP contribution in [0, 0.1) is 6.92 Å². The monoisotopic (exact) mass is 289 g/mol. The predicted molar refractivity (Wildman–Crippen MR) is 72.5 cm³/mol. The topological polar surface area (TPSA) is 38.7 Å². The summed E-state index contributed by atoms with van der Waals surface area (Å²) in [6.07, 6.45) is -3.06. The molecule has 2 heterocycles. The lowest BCUT2D eigenvalue weighted by atomic mass is 10.1. The Morgan fingerprint density at radius 2 is 1.81 bits per heavy atom. The highest BCUT2D eigenvalue weighted by molar-refractivity contribution is 5.88. The number of pyridine rings is 1. The van der Waals surface area contributed by atoms with Gasteiger partial charge in [-0.2, -0.15) is 13.2 Å². The molecule has 6 heteroatoms. The molecule has 0 bridgehead atoms. The number of aryl methyl sites for hydroxylation is 1. The summed E-state index contributed by atoms with van der Waals surface area (Å²) in [5.74, 6) is 0. The van der Waals surface area contributed by atoms with Crippen LogP contribution in [0.15, 0.2) is 42.7 Å². The van der Waals surface area contributed by atoms with Gasteiger partial charge in [-0.3, -0.25) is 0 Å². The Morgan fingerprint density at radius 1 is 1.00 bits per heavy atom. The predicted octanol–water partition coefficient (Wildman–Crippen LogP) is 4.02. The summed E-state index contributed by atoms with van der Waals surface area (Å²) < 4.78 is 38.4. The molecule has 0 saturated heterocycles. The van der Waals surface area contributed by atoms with E-state index in [1.807, 2.05) is 6.92 Å². The zero-order chi connectivity index (χ0) is 15.0. The molecule has 0 atom stereocenters. The van der Waals surface area contributed by atoms with Gasteiger partial charge in [0, 0.05) is 11.3 Å². The van der Waals surface area contributed by atoms with Crippen molar-refractivity contribution in [3.05, 3.63) is 54.0 Å². The van der Waals surface area contributed by atoms with Gasteiger partial charge in [-0.1, -0.05) is 12.1 Å². The van der Waals surface area contributed by atoms with Crippen LogP contribution >= 0.6 is 0 Å². The number of benzene rings is 1. The smallest absolute Gasteiger partial charge is 0.249 e. The van der Waals surface area contributed by atoms with Crippen molar-refractivity contribution in [2.75, 3.05) is 0 Å². The standard InChI is InChI=1S/C15H10F3N3/c1-9-5-6-12-14(21-9)13(20-8-19-12)10-3-2-4-11(7-10)15(16,17)18/h2-8H,1H3. The molecule has 3 nitrogen and oxygen atoms in total. The molecule has 2 aromatic heterocycles. The molecular weight excluding hydrogens is 279 g/mol. The van der Waals surface area contributed by atoms with Crippen molar-refractivity contribution in [3.8, 4) is 11.3 Å². The third-order valence-corrected chi connectivity index (χ3v) is 3.08. The fraction of sp³-hybridized carbons (Fsp3) is 0.133. The first kappa shape index (κ1) is 13.5. The highest BCUT2D eigenvalue weighted by Crippen LogP contribution is 2.32. The zero-order valence-electron chi connectivity index (χ0n) is 11.0. The van der Waals surface area contributed by atoms with E-state index in [1.165, 1.54) is 12.4 Å². The van der Waals surface area contributed by atoms with Crippen LogP contribution in [0.5, 0.6) is 0 Å². The maximum absolute atomic E-state index is 12.8. The average Bonchev–Trinajstić information content (AvgIpc) is 2.46. The fourth-order valence-corrected chi connectivity index (χ4v) is 2.09. The van der Waals surface area contributed by atoms with Crippen LogP contribution in [0.3, 0.4) is 0 Å². The van der Waals surface area contributed by atoms with E-state index in [0.29, 0.717) is 22.3 Å². The van der Waals surface area contributed by atoms with Crippen LogP contribution in [-0.4, -0.2) is 15.0 Å². The maximum atomic E-state index is 12.8. The Hall–Kier alpha value is -2.50. The summed E-state index contributed by atoms with van der Waals surface area (Å²) >= 11 is 0. The Bertz CT molecular complexity index is 813. The number of fused-ring (bicyclic) bond motifs is 1. The molecule has 0 radical (unpaired) electrons. The van der Waals surface area contributed by atoms with Crippen LogP contribution in [-0.2, 0) is 6.18 Å². The molecule has 3 aromatic rings. The summed E-state index contributed by atoms with van der Waals surface area (Å²) in [5, 5.41) is 0. The van der Waals surface area contributed by atoms with E-state index in [0.717, 1.165) is 17.8 Å². The lowest BCUT2D eigenvalue weighted by molar-refractivity contribution is -0.137. The van der Waals surface area contributed by atoms with Gasteiger partial charge in [0.15, 0.2) is 0 Å². The lowest BCUT2D eigenvalue weighted by Gasteiger charge is -2.09. The van der Waals surface area contributed by atoms with Gasteiger partial charge in [-0.25, -0.2) is 15.0 Å². The molecular formula is C15H10F3N3. The van der Waals surface area contributed by atoms with Crippen LogP contribution < -0.4 is 0 Å². The van der Waals surface area contributed by atoms with E-state index in [2.05, 4.69) is 15.0 Å². The third kappa shape index (κ3) is 2.56. The number of hydrogen-bond acceptors (Lipinski definition) is 3. The molecule has 106 valence electrons. The van der Waals surface area contributed by atoms with E-state index in [9.17, 15) is 13.2 Å². The SMILES string of the molecule is Cc1ccc2ncnc(-c3cccc(C(F)(F)F)c3)c2n1. The first-order valence-corrected chi connectivity index (χ1v) is 6.21. The number of aromatic nitrogens is 3. The van der Waals surface area contributed by atoms with Crippen molar-refractivity contribution in [1.29, 1.82) is 0 Å². The summed E-state index contributed by atoms with van der Waals surface area (Å²) in [6.45, 7) is 1.81. The van der Waals surface area contributed by atoms with E-state index < -0.39 is 11.7 Å². The average molecular weight is 289 g/mol. The second-order valence-corrected chi connectivity index (χ2v) is 4.62. The number of halogens is 3. The second kappa shape index (κ2) is 4.80. The number of rotatable bonds is 1. The van der Waals surface area contributed by atoms with Crippen LogP contribution in [0.4, 0.5) is 13.2 Å². The third-order valence-electron chi connectivity index (χ3n) is 3.08. The van der Waals surface area contributed by atoms with E-state index >= 15 is 0 Å². The molecule has 0 spiro atoms. The van der Waals surface area contributed by atoms with Crippen LogP contribution in [0.25, 0.3) is 22.3 Å². The van der Waals surface area contributed by atoms with E-state index in [1.54, 1.807) is 18.2 Å². The molecule has 0 unspecified atom stereocenters. The van der Waals surface area contributed by atoms with Crippen LogP contribution in [0.1, 0.15) is 11.3 Å². The second-order valence-electron chi connectivity index (χ2n) is 4.62. The van der Waals surface area contributed by atoms with Gasteiger partial charge in [0.1, 0.15) is 11.8 Å². The summed E-state index contributed by atoms with van der Waals surface area (Å²) in [5.41, 5.74) is 1.91. The molecule has 0 aliphatic heterocycles. The molecule has 0 saturated carbocycles. The van der Waals surface area contributed by atoms with Gasteiger partial charge in [-0.15, -0.1) is 0 Å². The van der Waals surface area contributed by atoms with Crippen molar-refractivity contribution >= 4 is 11.0 Å². The Balaban J connectivity index is 2.23. The Labute approximate surface area is 118 Å². The molecule has 0 aliphatic rings. The maximum Gasteiger partial charge on any atom is 0.416 e. The highest BCUT2D eigenvalue weighted by atomic mass is 19.4. The van der Waals surface area contributed by atoms with E-state index in [4.69, 9.17) is 0 Å². The first-order chi connectivity index (χ1) is 9.95. The summed E-state index contributed by atoms with van der Waals surface area (Å²) in [7, 11) is 0. The molecule has 0 N–H and O–H groups in total. The highest BCUT2D eigenvalue weighted by Gasteiger charge is 2.30. The minimum atomic E-state index is -4.39. The number of alkyl halides is 3. The van der Waals surface area contributed by atoms with Gasteiger partial charge in [0.25, 0.3) is 0 Å². The van der Waals surface area contributed by atoms with Gasteiger partial charge < -0.3 is 0 Å². The number of hydrogen-bond donors (Lipinski definition) is 0. The quantitative estimate of drug-likeness (QED) is 0.679. The van der Waals surface area contributed by atoms with Gasteiger partial charge >= 0.3 is 6.18 Å². The normalized spacial score (nSPS) is 11.8. The molecule has 0 fully saturated rings. The van der Waals surface area contributed by atoms with Gasteiger partial charge in [0.05, 0.1) is 16.8 Å². The summed E-state index contributed by atoms with van der Waals surface area (Å²) in [4.78, 5) is 12.5. The Morgan fingerprint density at radius 3 is 2.57 bits per heavy atom. The van der Waals surface area contributed by atoms with Gasteiger partial charge in [0.2, 0.25) is 0 Å². The van der Waals surface area contributed by atoms with Crippen LogP contribution in [0.2, 0.25) is 0 Å². The van der Waals surface area contributed by atoms with Crippen molar-refractivity contribution in [2.45, 2.75) is 13.1 Å². The van der Waals surface area contributed by atoms with Crippen molar-refractivity contribution in [1.82, 2.24) is 15.0 Å². The summed E-state index contributed by atoms with van der Waals surface area (Å²) in [6, 6.07) is 8.63.